The fourth-order valence-corrected chi connectivity index (χ4v) is 2.03. The highest BCUT2D eigenvalue weighted by Gasteiger charge is 2.04. The number of aliphatic hydroxyl groups is 1. The third-order valence-electron chi connectivity index (χ3n) is 3.34. The highest BCUT2D eigenvalue weighted by Crippen LogP contribution is 2.12. The number of hydrogen-bond donors (Lipinski definition) is 3. The average Bonchev–Trinajstić information content (AvgIpc) is 2.78. The zero-order valence-electron chi connectivity index (χ0n) is 11.1. The zero-order valence-corrected chi connectivity index (χ0v) is 11.1. The van der Waals surface area contributed by atoms with Crippen molar-refractivity contribution >= 4 is 11.1 Å². The Hall–Kier alpha value is -1.59. The molecule has 19 heavy (non-hydrogen) atoms. The summed E-state index contributed by atoms with van der Waals surface area (Å²) in [4.78, 5) is 13.7. The molecule has 0 saturated heterocycles. The van der Waals surface area contributed by atoms with Crippen molar-refractivity contribution in [2.75, 3.05) is 19.7 Å². The van der Waals surface area contributed by atoms with Gasteiger partial charge in [0.05, 0.1) is 5.52 Å². The number of hydrogen-bond acceptors (Lipinski definition) is 4. The van der Waals surface area contributed by atoms with Crippen molar-refractivity contribution in [2.45, 2.75) is 19.8 Å². The van der Waals surface area contributed by atoms with E-state index < -0.39 is 5.76 Å². The number of benzene rings is 1. The van der Waals surface area contributed by atoms with Crippen molar-refractivity contribution < 1.29 is 9.52 Å². The van der Waals surface area contributed by atoms with Gasteiger partial charge in [0.15, 0.2) is 5.58 Å². The molecule has 2 aromatic rings. The largest absolute Gasteiger partial charge is 0.417 e. The zero-order chi connectivity index (χ0) is 13.7. The maximum Gasteiger partial charge on any atom is 0.417 e. The molecule has 1 atom stereocenters. The van der Waals surface area contributed by atoms with Crippen LogP contribution in [0.15, 0.2) is 27.4 Å². The molecule has 5 heteroatoms. The molecular formula is C14H20N2O3. The molecule has 104 valence electrons. The van der Waals surface area contributed by atoms with Crippen molar-refractivity contribution in [3.63, 3.8) is 0 Å². The summed E-state index contributed by atoms with van der Waals surface area (Å²) >= 11 is 0. The van der Waals surface area contributed by atoms with Crippen LogP contribution in [0.4, 0.5) is 0 Å². The molecule has 0 saturated carbocycles. The standard InChI is InChI=1S/C14H20N2O3/c1-2-10(9-17)8-15-6-5-11-3-4-13-12(7-11)16-14(18)19-13/h3-4,7,10,15,17H,2,5-6,8-9H2,1H3,(H,16,18). The van der Waals surface area contributed by atoms with Gasteiger partial charge < -0.3 is 14.8 Å². The second-order valence-corrected chi connectivity index (χ2v) is 4.76. The molecule has 0 aliphatic rings. The molecule has 0 spiro atoms. The van der Waals surface area contributed by atoms with Gasteiger partial charge in [-0.05, 0) is 43.0 Å². The molecule has 0 bridgehead atoms. The predicted octanol–water partition coefficient (Wildman–Crippen LogP) is 1.27. The van der Waals surface area contributed by atoms with Crippen LogP contribution in [0.5, 0.6) is 0 Å². The first-order valence-electron chi connectivity index (χ1n) is 6.66. The van der Waals surface area contributed by atoms with Crippen LogP contribution in [-0.2, 0) is 6.42 Å². The lowest BCUT2D eigenvalue weighted by Crippen LogP contribution is -2.26. The predicted molar refractivity (Wildman–Crippen MR) is 74.3 cm³/mol. The highest BCUT2D eigenvalue weighted by atomic mass is 16.4. The van der Waals surface area contributed by atoms with Crippen molar-refractivity contribution in [2.24, 2.45) is 5.92 Å². The third kappa shape index (κ3) is 3.68. The Kier molecular flexibility index (Phi) is 4.76. The lowest BCUT2D eigenvalue weighted by atomic mass is 10.1. The fraction of sp³-hybridized carbons (Fsp3) is 0.500. The van der Waals surface area contributed by atoms with Crippen LogP contribution in [0.1, 0.15) is 18.9 Å². The van der Waals surface area contributed by atoms with Gasteiger partial charge in [-0.1, -0.05) is 13.0 Å². The first-order chi connectivity index (χ1) is 9.22. The normalized spacial score (nSPS) is 12.9. The van der Waals surface area contributed by atoms with Crippen molar-refractivity contribution in [3.05, 3.63) is 34.3 Å². The Balaban J connectivity index is 1.86. The number of H-pyrrole nitrogens is 1. The van der Waals surface area contributed by atoms with Gasteiger partial charge in [0.2, 0.25) is 0 Å². The molecule has 5 nitrogen and oxygen atoms in total. The smallest absolute Gasteiger partial charge is 0.408 e. The number of aliphatic hydroxyl groups excluding tert-OH is 1. The van der Waals surface area contributed by atoms with E-state index in [1.54, 1.807) is 0 Å². The monoisotopic (exact) mass is 264 g/mol. The van der Waals surface area contributed by atoms with Gasteiger partial charge in [0.25, 0.3) is 0 Å². The first-order valence-corrected chi connectivity index (χ1v) is 6.66. The Bertz CT molecular complexity index is 569. The second-order valence-electron chi connectivity index (χ2n) is 4.76. The number of aromatic amines is 1. The van der Waals surface area contributed by atoms with Gasteiger partial charge in [-0.25, -0.2) is 4.79 Å². The highest BCUT2D eigenvalue weighted by molar-refractivity contribution is 5.72. The summed E-state index contributed by atoms with van der Waals surface area (Å²) in [7, 11) is 0. The van der Waals surface area contributed by atoms with E-state index in [0.717, 1.165) is 37.0 Å². The van der Waals surface area contributed by atoms with Gasteiger partial charge in [-0.3, -0.25) is 4.98 Å². The van der Waals surface area contributed by atoms with Gasteiger partial charge in [0.1, 0.15) is 0 Å². The van der Waals surface area contributed by atoms with Crippen LogP contribution in [0, 0.1) is 5.92 Å². The minimum absolute atomic E-state index is 0.228. The maximum absolute atomic E-state index is 11.0. The van der Waals surface area contributed by atoms with Crippen molar-refractivity contribution in [1.82, 2.24) is 10.3 Å². The van der Waals surface area contributed by atoms with Crippen LogP contribution in [0.3, 0.4) is 0 Å². The molecule has 0 radical (unpaired) electrons. The number of fused-ring (bicyclic) bond motifs is 1. The Morgan fingerprint density at radius 3 is 3.05 bits per heavy atom. The fourth-order valence-electron chi connectivity index (χ4n) is 2.03. The summed E-state index contributed by atoms with van der Waals surface area (Å²) in [6, 6.07) is 5.71. The molecule has 0 aliphatic heterocycles. The molecule has 3 N–H and O–H groups in total. The van der Waals surface area contributed by atoms with E-state index in [9.17, 15) is 4.79 Å². The van der Waals surface area contributed by atoms with E-state index in [2.05, 4.69) is 17.2 Å². The van der Waals surface area contributed by atoms with E-state index in [4.69, 9.17) is 9.52 Å². The van der Waals surface area contributed by atoms with Crippen LogP contribution in [0.25, 0.3) is 11.1 Å². The summed E-state index contributed by atoms with van der Waals surface area (Å²) in [5.74, 6) is -0.0910. The molecule has 0 aliphatic carbocycles. The van der Waals surface area contributed by atoms with E-state index in [0.29, 0.717) is 11.5 Å². The lowest BCUT2D eigenvalue weighted by molar-refractivity contribution is 0.219. The average molecular weight is 264 g/mol. The van der Waals surface area contributed by atoms with Crippen LogP contribution < -0.4 is 11.1 Å². The molecule has 1 aromatic heterocycles. The van der Waals surface area contributed by atoms with E-state index in [1.165, 1.54) is 0 Å². The third-order valence-corrected chi connectivity index (χ3v) is 3.34. The van der Waals surface area contributed by atoms with Gasteiger partial charge >= 0.3 is 5.76 Å². The minimum Gasteiger partial charge on any atom is -0.408 e. The van der Waals surface area contributed by atoms with Crippen LogP contribution in [-0.4, -0.2) is 29.8 Å². The number of rotatable bonds is 7. The quantitative estimate of drug-likeness (QED) is 0.658. The van der Waals surface area contributed by atoms with Crippen LogP contribution >= 0.6 is 0 Å². The summed E-state index contributed by atoms with van der Waals surface area (Å²) in [6.45, 7) is 3.99. The van der Waals surface area contributed by atoms with E-state index in [1.807, 2.05) is 18.2 Å². The number of oxazole rings is 1. The minimum atomic E-state index is -0.418. The molecule has 1 aromatic carbocycles. The van der Waals surface area contributed by atoms with Gasteiger partial charge in [-0.2, -0.15) is 0 Å². The van der Waals surface area contributed by atoms with Gasteiger partial charge in [-0.15, -0.1) is 0 Å². The second kappa shape index (κ2) is 6.54. The van der Waals surface area contributed by atoms with Crippen molar-refractivity contribution in [3.8, 4) is 0 Å². The molecule has 1 heterocycles. The molecular weight excluding hydrogens is 244 g/mol. The van der Waals surface area contributed by atoms with E-state index in [-0.39, 0.29) is 6.61 Å². The molecule has 0 fully saturated rings. The maximum atomic E-state index is 11.0. The molecule has 2 rings (SSSR count). The SMILES string of the molecule is CCC(CO)CNCCc1ccc2oc(=O)[nH]c2c1. The summed E-state index contributed by atoms with van der Waals surface area (Å²) in [5, 5.41) is 12.4. The Morgan fingerprint density at radius 1 is 1.47 bits per heavy atom. The first kappa shape index (κ1) is 13.8. The lowest BCUT2D eigenvalue weighted by Gasteiger charge is -2.12. The van der Waals surface area contributed by atoms with E-state index >= 15 is 0 Å². The number of aromatic nitrogens is 1. The number of nitrogens with one attached hydrogen (secondary N) is 2. The topological polar surface area (TPSA) is 78.3 Å². The molecule has 0 amide bonds. The summed E-state index contributed by atoms with van der Waals surface area (Å²) < 4.78 is 4.95. The van der Waals surface area contributed by atoms with Crippen molar-refractivity contribution in [1.29, 1.82) is 0 Å². The Labute approximate surface area is 111 Å². The summed E-state index contributed by atoms with van der Waals surface area (Å²) in [6.07, 6.45) is 1.86. The van der Waals surface area contributed by atoms with Gasteiger partial charge in [0, 0.05) is 13.2 Å². The Morgan fingerprint density at radius 2 is 2.32 bits per heavy atom. The summed E-state index contributed by atoms with van der Waals surface area (Å²) in [5.41, 5.74) is 2.48. The molecule has 1 unspecified atom stereocenters. The van der Waals surface area contributed by atoms with Crippen LogP contribution in [0.2, 0.25) is 0 Å².